The molecule has 0 aliphatic rings. The maximum Gasteiger partial charge on any atom is 0.254 e. The molecule has 2 heterocycles. The van der Waals surface area contributed by atoms with Crippen molar-refractivity contribution in [3.05, 3.63) is 102 Å². The van der Waals surface area contributed by atoms with Crippen LogP contribution in [0.2, 0.25) is 0 Å². The zero-order valence-electron chi connectivity index (χ0n) is 16.5. The maximum absolute atomic E-state index is 12.8. The minimum atomic E-state index is -0.0995. The molecule has 6 heteroatoms. The molecule has 0 saturated carbocycles. The predicted molar refractivity (Wildman–Crippen MR) is 113 cm³/mol. The number of aromatic nitrogens is 2. The highest BCUT2D eigenvalue weighted by molar-refractivity contribution is 5.94. The quantitative estimate of drug-likeness (QED) is 0.493. The summed E-state index contributed by atoms with van der Waals surface area (Å²) in [6.07, 6.45) is 3.87. The molecular formula is C24H20N4O2. The lowest BCUT2D eigenvalue weighted by Crippen LogP contribution is -2.26. The standard InChI is InChI=1S/C24H20N4O2/c1-27(15-19-10-8-18(14-25)9-11-19)24(29)20-5-4-6-22(13-20)30-17-21-16-28-12-3-2-7-23(28)26-21/h2-13,16H,15,17H2,1H3. The first-order chi connectivity index (χ1) is 14.6. The monoisotopic (exact) mass is 396 g/mol. The predicted octanol–water partition coefficient (Wildman–Crippen LogP) is 4.06. The van der Waals surface area contributed by atoms with Gasteiger partial charge in [-0.05, 0) is 48.0 Å². The molecular weight excluding hydrogens is 376 g/mol. The molecule has 30 heavy (non-hydrogen) atoms. The van der Waals surface area contributed by atoms with Crippen LogP contribution in [-0.2, 0) is 13.2 Å². The van der Waals surface area contributed by atoms with E-state index in [1.165, 1.54) is 0 Å². The molecule has 0 unspecified atom stereocenters. The van der Waals surface area contributed by atoms with Crippen LogP contribution in [0, 0.1) is 11.3 Å². The van der Waals surface area contributed by atoms with Crippen molar-refractivity contribution >= 4 is 11.6 Å². The summed E-state index contributed by atoms with van der Waals surface area (Å²) in [5.41, 5.74) is 3.80. The average Bonchev–Trinajstić information content (AvgIpc) is 3.21. The Hall–Kier alpha value is -4.11. The van der Waals surface area contributed by atoms with Gasteiger partial charge in [-0.25, -0.2) is 4.98 Å². The van der Waals surface area contributed by atoms with Crippen LogP contribution in [0.3, 0.4) is 0 Å². The molecule has 4 rings (SSSR count). The lowest BCUT2D eigenvalue weighted by molar-refractivity contribution is 0.0784. The van der Waals surface area contributed by atoms with Gasteiger partial charge in [0.25, 0.3) is 5.91 Å². The van der Waals surface area contributed by atoms with Gasteiger partial charge in [0.2, 0.25) is 0 Å². The van der Waals surface area contributed by atoms with Crippen molar-refractivity contribution in [3.63, 3.8) is 0 Å². The second-order valence-electron chi connectivity index (χ2n) is 6.98. The minimum Gasteiger partial charge on any atom is -0.487 e. The van der Waals surface area contributed by atoms with Gasteiger partial charge >= 0.3 is 0 Å². The molecule has 0 bridgehead atoms. The summed E-state index contributed by atoms with van der Waals surface area (Å²) >= 11 is 0. The largest absolute Gasteiger partial charge is 0.487 e. The molecule has 1 amide bonds. The van der Waals surface area contributed by atoms with Crippen molar-refractivity contribution in [3.8, 4) is 11.8 Å². The van der Waals surface area contributed by atoms with Crippen molar-refractivity contribution in [2.45, 2.75) is 13.2 Å². The molecule has 0 aliphatic heterocycles. The number of carbonyl (C=O) groups is 1. The molecule has 2 aromatic heterocycles. The number of fused-ring (bicyclic) bond motifs is 1. The van der Waals surface area contributed by atoms with E-state index < -0.39 is 0 Å². The third kappa shape index (κ3) is 4.31. The molecule has 0 radical (unpaired) electrons. The highest BCUT2D eigenvalue weighted by atomic mass is 16.5. The highest BCUT2D eigenvalue weighted by Crippen LogP contribution is 2.17. The summed E-state index contributed by atoms with van der Waals surface area (Å²) in [5, 5.41) is 8.90. The van der Waals surface area contributed by atoms with E-state index in [-0.39, 0.29) is 5.91 Å². The molecule has 0 spiro atoms. The second kappa shape index (κ2) is 8.50. The Morgan fingerprint density at radius 1 is 1.13 bits per heavy atom. The van der Waals surface area contributed by atoms with Crippen LogP contribution in [-0.4, -0.2) is 27.2 Å². The fourth-order valence-corrected chi connectivity index (χ4v) is 3.18. The Labute approximate surface area is 174 Å². The molecule has 2 aromatic carbocycles. The maximum atomic E-state index is 12.8. The average molecular weight is 396 g/mol. The lowest BCUT2D eigenvalue weighted by Gasteiger charge is -2.18. The van der Waals surface area contributed by atoms with Crippen LogP contribution in [0.4, 0.5) is 0 Å². The van der Waals surface area contributed by atoms with Gasteiger partial charge in [-0.2, -0.15) is 5.26 Å². The number of rotatable bonds is 6. The Kier molecular flexibility index (Phi) is 5.44. The summed E-state index contributed by atoms with van der Waals surface area (Å²) in [7, 11) is 1.75. The third-order valence-corrected chi connectivity index (χ3v) is 4.73. The van der Waals surface area contributed by atoms with E-state index in [1.807, 2.05) is 59.3 Å². The number of imidazole rings is 1. The number of nitrogens with zero attached hydrogens (tertiary/aromatic N) is 4. The highest BCUT2D eigenvalue weighted by Gasteiger charge is 2.13. The first-order valence-electron chi connectivity index (χ1n) is 9.52. The number of amides is 1. The van der Waals surface area contributed by atoms with E-state index in [0.717, 1.165) is 16.9 Å². The number of hydrogen-bond acceptors (Lipinski definition) is 4. The van der Waals surface area contributed by atoms with Gasteiger partial charge in [0.1, 0.15) is 18.0 Å². The normalized spacial score (nSPS) is 10.5. The lowest BCUT2D eigenvalue weighted by atomic mass is 10.1. The smallest absolute Gasteiger partial charge is 0.254 e. The third-order valence-electron chi connectivity index (χ3n) is 4.73. The molecule has 0 saturated heterocycles. The summed E-state index contributed by atoms with van der Waals surface area (Å²) in [4.78, 5) is 19.0. The Morgan fingerprint density at radius 2 is 1.97 bits per heavy atom. The number of ether oxygens (including phenoxy) is 1. The SMILES string of the molecule is CN(Cc1ccc(C#N)cc1)C(=O)c1cccc(OCc2cn3ccccc3n2)c1. The minimum absolute atomic E-state index is 0.0995. The van der Waals surface area contributed by atoms with Crippen molar-refractivity contribution in [2.75, 3.05) is 7.05 Å². The van der Waals surface area contributed by atoms with Crippen LogP contribution in [0.15, 0.2) is 79.1 Å². The molecule has 4 aromatic rings. The Morgan fingerprint density at radius 3 is 2.73 bits per heavy atom. The summed E-state index contributed by atoms with van der Waals surface area (Å²) in [6, 6.07) is 22.3. The molecule has 0 aliphatic carbocycles. The van der Waals surface area contributed by atoms with Crippen LogP contribution in [0.5, 0.6) is 5.75 Å². The van der Waals surface area contributed by atoms with Gasteiger partial charge in [0, 0.05) is 31.5 Å². The van der Waals surface area contributed by atoms with E-state index in [4.69, 9.17) is 10.00 Å². The Bertz CT molecular complexity index is 1190. The van der Waals surface area contributed by atoms with Crippen LogP contribution < -0.4 is 4.74 Å². The van der Waals surface area contributed by atoms with Crippen molar-refractivity contribution < 1.29 is 9.53 Å². The number of pyridine rings is 1. The zero-order chi connectivity index (χ0) is 20.9. The van der Waals surface area contributed by atoms with Gasteiger partial charge in [0.05, 0.1) is 17.3 Å². The fourth-order valence-electron chi connectivity index (χ4n) is 3.18. The summed E-state index contributed by atoms with van der Waals surface area (Å²) < 4.78 is 7.80. The molecule has 6 nitrogen and oxygen atoms in total. The van der Waals surface area contributed by atoms with Gasteiger partial charge in [0.15, 0.2) is 0 Å². The first-order valence-corrected chi connectivity index (χ1v) is 9.52. The van der Waals surface area contributed by atoms with Gasteiger partial charge in [-0.15, -0.1) is 0 Å². The van der Waals surface area contributed by atoms with Crippen LogP contribution >= 0.6 is 0 Å². The van der Waals surface area contributed by atoms with E-state index in [2.05, 4.69) is 11.1 Å². The zero-order valence-corrected chi connectivity index (χ0v) is 16.5. The topological polar surface area (TPSA) is 70.6 Å². The fraction of sp³-hybridized carbons (Fsp3) is 0.125. The molecule has 0 fully saturated rings. The van der Waals surface area contributed by atoms with E-state index in [1.54, 1.807) is 36.2 Å². The van der Waals surface area contributed by atoms with E-state index in [0.29, 0.717) is 30.0 Å². The number of hydrogen-bond donors (Lipinski definition) is 0. The van der Waals surface area contributed by atoms with Crippen LogP contribution in [0.1, 0.15) is 27.2 Å². The van der Waals surface area contributed by atoms with Gasteiger partial charge in [-0.3, -0.25) is 4.79 Å². The molecule has 148 valence electrons. The van der Waals surface area contributed by atoms with Crippen molar-refractivity contribution in [1.82, 2.24) is 14.3 Å². The second-order valence-corrected chi connectivity index (χ2v) is 6.98. The summed E-state index contributed by atoms with van der Waals surface area (Å²) in [5.74, 6) is 0.516. The Balaban J connectivity index is 1.41. The summed E-state index contributed by atoms with van der Waals surface area (Å²) in [6.45, 7) is 0.775. The number of carbonyl (C=O) groups excluding carboxylic acids is 1. The molecule has 0 atom stereocenters. The number of benzene rings is 2. The van der Waals surface area contributed by atoms with Gasteiger partial charge < -0.3 is 14.0 Å². The van der Waals surface area contributed by atoms with Crippen LogP contribution in [0.25, 0.3) is 5.65 Å². The van der Waals surface area contributed by atoms with E-state index >= 15 is 0 Å². The number of nitriles is 1. The first kappa shape index (κ1) is 19.2. The molecule has 0 N–H and O–H groups in total. The van der Waals surface area contributed by atoms with Crippen molar-refractivity contribution in [1.29, 1.82) is 5.26 Å². The van der Waals surface area contributed by atoms with E-state index in [9.17, 15) is 4.79 Å². The van der Waals surface area contributed by atoms with Gasteiger partial charge in [-0.1, -0.05) is 24.3 Å². The van der Waals surface area contributed by atoms with Crippen molar-refractivity contribution in [2.24, 2.45) is 0 Å².